The minimum Gasteiger partial charge on any atom is -0.205 e. The number of nitrogens with zero attached hydrogens (tertiary/aromatic N) is 1. The molecule has 0 saturated carbocycles. The number of pyridine rings is 1. The molecule has 0 aliphatic carbocycles. The third-order valence-electron chi connectivity index (χ3n) is 6.67. The maximum absolute atomic E-state index is 2.32. The van der Waals surface area contributed by atoms with E-state index in [-0.39, 0.29) is 0 Å². The zero-order chi connectivity index (χ0) is 23.9. The molecule has 0 amide bonds. The molecule has 2 aromatic rings. The minimum absolute atomic E-state index is 1.14. The van der Waals surface area contributed by atoms with E-state index in [1.54, 1.807) is 0 Å². The molecule has 0 spiro atoms. The van der Waals surface area contributed by atoms with Crippen LogP contribution >= 0.6 is 0 Å². The average Bonchev–Trinajstić information content (AvgIpc) is 2.88. The van der Waals surface area contributed by atoms with Gasteiger partial charge in [-0.25, -0.2) is 4.57 Å². The molecule has 0 saturated heterocycles. The number of hydrogen-bond acceptors (Lipinski definition) is 0. The van der Waals surface area contributed by atoms with Crippen LogP contribution in [0, 0.1) is 0 Å². The van der Waals surface area contributed by atoms with Gasteiger partial charge in [-0.15, -0.1) is 0 Å². The van der Waals surface area contributed by atoms with Crippen molar-refractivity contribution < 1.29 is 4.57 Å². The van der Waals surface area contributed by atoms with Crippen molar-refractivity contribution in [2.75, 3.05) is 0 Å². The number of benzene rings is 1. The molecule has 1 heteroatoms. The Hall–Kier alpha value is -2.15. The highest BCUT2D eigenvalue weighted by Gasteiger charge is 2.00. The van der Waals surface area contributed by atoms with E-state index in [2.05, 4.69) is 84.6 Å². The van der Waals surface area contributed by atoms with Crippen LogP contribution in [-0.4, -0.2) is 0 Å². The summed E-state index contributed by atoms with van der Waals surface area (Å²) in [7, 11) is 0. The van der Waals surface area contributed by atoms with Crippen molar-refractivity contribution in [2.45, 2.75) is 116 Å². The molecule has 1 aromatic carbocycles. The lowest BCUT2D eigenvalue weighted by atomic mass is 10.0. The molecule has 1 aromatic heterocycles. The van der Waals surface area contributed by atoms with Gasteiger partial charge in [-0.05, 0) is 17.5 Å². The molecule has 0 unspecified atom stereocenters. The predicted molar refractivity (Wildman–Crippen MR) is 151 cm³/mol. The molecule has 0 atom stereocenters. The summed E-state index contributed by atoms with van der Waals surface area (Å²) >= 11 is 0. The van der Waals surface area contributed by atoms with Crippen LogP contribution in [0.15, 0.2) is 67.0 Å². The van der Waals surface area contributed by atoms with E-state index >= 15 is 0 Å². The minimum atomic E-state index is 1.14. The molecule has 1 nitrogen and oxygen atoms in total. The van der Waals surface area contributed by atoms with Crippen molar-refractivity contribution in [2.24, 2.45) is 0 Å². The fourth-order valence-corrected chi connectivity index (χ4v) is 4.47. The fraction of sp³-hybridized carbons (Fsp3) is 0.545. The summed E-state index contributed by atoms with van der Waals surface area (Å²) in [4.78, 5) is 0. The van der Waals surface area contributed by atoms with Crippen molar-refractivity contribution in [1.29, 1.82) is 0 Å². The summed E-state index contributed by atoms with van der Waals surface area (Å²) < 4.78 is 2.32. The lowest BCUT2D eigenvalue weighted by Gasteiger charge is -2.03. The Balaban J connectivity index is 1.40. The van der Waals surface area contributed by atoms with E-state index in [0.29, 0.717) is 0 Å². The molecule has 186 valence electrons. The summed E-state index contributed by atoms with van der Waals surface area (Å²) in [5, 5.41) is 0. The normalized spacial score (nSPS) is 11.7. The first kappa shape index (κ1) is 28.1. The van der Waals surface area contributed by atoms with Crippen LogP contribution in [-0.2, 0) is 6.54 Å². The van der Waals surface area contributed by atoms with Gasteiger partial charge in [0.1, 0.15) is 6.54 Å². The van der Waals surface area contributed by atoms with Crippen molar-refractivity contribution in [3.63, 3.8) is 0 Å². The molecule has 2 rings (SSSR count). The van der Waals surface area contributed by atoms with Gasteiger partial charge in [0, 0.05) is 18.6 Å². The van der Waals surface area contributed by atoms with Gasteiger partial charge >= 0.3 is 0 Å². The van der Waals surface area contributed by atoms with Crippen molar-refractivity contribution >= 4 is 12.2 Å². The number of hydrogen-bond donors (Lipinski definition) is 0. The topological polar surface area (TPSA) is 3.88 Å². The summed E-state index contributed by atoms with van der Waals surface area (Å²) in [6.45, 7) is 3.43. The van der Waals surface area contributed by atoms with Crippen LogP contribution < -0.4 is 4.57 Å². The molecule has 1 heterocycles. The zero-order valence-electron chi connectivity index (χ0n) is 22.0. The summed E-state index contributed by atoms with van der Waals surface area (Å²) in [5.74, 6) is 0. The molecule has 0 aliphatic rings. The number of unbranched alkanes of at least 4 members (excludes halogenated alkanes) is 15. The van der Waals surface area contributed by atoms with Crippen LogP contribution in [0.1, 0.15) is 121 Å². The highest BCUT2D eigenvalue weighted by atomic mass is 14.9. The molecule has 0 fully saturated rings. The van der Waals surface area contributed by atoms with Crippen molar-refractivity contribution in [3.05, 3.63) is 78.1 Å². The van der Waals surface area contributed by atoms with Crippen molar-refractivity contribution in [3.8, 4) is 0 Å². The second-order valence-electron chi connectivity index (χ2n) is 9.80. The predicted octanol–water partition coefficient (Wildman–Crippen LogP) is 9.96. The Kier molecular flexibility index (Phi) is 16.7. The van der Waals surface area contributed by atoms with E-state index < -0.39 is 0 Å². The monoisotopic (exact) mass is 460 g/mol. The molecule has 0 aliphatic heterocycles. The maximum atomic E-state index is 2.32. The Bertz CT molecular complexity index is 757. The largest absolute Gasteiger partial charge is 0.205 e. The van der Waals surface area contributed by atoms with Crippen molar-refractivity contribution in [1.82, 2.24) is 0 Å². The van der Waals surface area contributed by atoms with Gasteiger partial charge in [0.25, 0.3) is 0 Å². The first-order chi connectivity index (χ1) is 16.9. The first-order valence-corrected chi connectivity index (χ1v) is 14.3. The van der Waals surface area contributed by atoms with E-state index in [4.69, 9.17) is 0 Å². The molecule has 34 heavy (non-hydrogen) atoms. The van der Waals surface area contributed by atoms with Gasteiger partial charge in [0.2, 0.25) is 0 Å². The molecule has 0 bridgehead atoms. The molecule has 0 N–H and O–H groups in total. The number of rotatable bonds is 20. The standard InChI is InChI=1S/C33H50N/c1-2-3-4-5-6-7-8-9-10-11-12-13-14-15-16-22-29-34-30-27-33(28-31-34)26-21-20-25-32-23-18-17-19-24-32/h17-21,23-28,30-31H,2-16,22,29H2,1H3/q+1/b25-20+,26-21-. The zero-order valence-corrected chi connectivity index (χ0v) is 22.0. The van der Waals surface area contributed by atoms with Gasteiger partial charge < -0.3 is 0 Å². The van der Waals surface area contributed by atoms with E-state index in [0.717, 1.165) is 6.54 Å². The smallest absolute Gasteiger partial charge is 0.169 e. The second kappa shape index (κ2) is 20.2. The Labute approximate surface area is 211 Å². The molecular weight excluding hydrogens is 410 g/mol. The molecule has 0 radical (unpaired) electrons. The van der Waals surface area contributed by atoms with Gasteiger partial charge in [0.15, 0.2) is 12.4 Å². The number of aryl methyl sites for hydroxylation is 1. The third kappa shape index (κ3) is 14.9. The average molecular weight is 461 g/mol. The SMILES string of the molecule is CCCCCCCCCCCCCCCCCC[n+]1ccc(/C=C\C=C\c2ccccc2)cc1. The Morgan fingerprint density at radius 3 is 1.38 bits per heavy atom. The van der Waals surface area contributed by atoms with Crippen LogP contribution in [0.5, 0.6) is 0 Å². The van der Waals surface area contributed by atoms with E-state index in [1.807, 2.05) is 6.07 Å². The van der Waals surface area contributed by atoms with E-state index in [9.17, 15) is 0 Å². The Morgan fingerprint density at radius 1 is 0.500 bits per heavy atom. The number of aromatic nitrogens is 1. The third-order valence-corrected chi connectivity index (χ3v) is 6.67. The number of allylic oxidation sites excluding steroid dienone is 2. The Morgan fingerprint density at radius 2 is 0.912 bits per heavy atom. The summed E-state index contributed by atoms with van der Waals surface area (Å²) in [5.41, 5.74) is 2.48. The summed E-state index contributed by atoms with van der Waals surface area (Å²) in [6, 6.07) is 14.8. The van der Waals surface area contributed by atoms with Crippen LogP contribution in [0.3, 0.4) is 0 Å². The fourth-order valence-electron chi connectivity index (χ4n) is 4.47. The summed E-state index contributed by atoms with van der Waals surface area (Å²) in [6.07, 6.45) is 35.8. The lowest BCUT2D eigenvalue weighted by Crippen LogP contribution is -2.32. The quantitative estimate of drug-likeness (QED) is 0.105. The maximum Gasteiger partial charge on any atom is 0.169 e. The highest BCUT2D eigenvalue weighted by Crippen LogP contribution is 2.13. The van der Waals surface area contributed by atoms with E-state index in [1.165, 1.54) is 114 Å². The van der Waals surface area contributed by atoms with Crippen LogP contribution in [0.25, 0.3) is 12.2 Å². The lowest BCUT2D eigenvalue weighted by molar-refractivity contribution is -0.697. The second-order valence-corrected chi connectivity index (χ2v) is 9.80. The van der Waals surface area contributed by atoms with Gasteiger partial charge in [0.05, 0.1) is 0 Å². The van der Waals surface area contributed by atoms with Gasteiger partial charge in [-0.1, -0.05) is 151 Å². The van der Waals surface area contributed by atoms with Crippen LogP contribution in [0.4, 0.5) is 0 Å². The van der Waals surface area contributed by atoms with Crippen LogP contribution in [0.2, 0.25) is 0 Å². The van der Waals surface area contributed by atoms with Gasteiger partial charge in [-0.3, -0.25) is 0 Å². The first-order valence-electron chi connectivity index (χ1n) is 14.3. The van der Waals surface area contributed by atoms with Gasteiger partial charge in [-0.2, -0.15) is 0 Å². The molecular formula is C33H50N+. The highest BCUT2D eigenvalue weighted by molar-refractivity contribution is 5.56.